The van der Waals surface area contributed by atoms with Gasteiger partial charge in [0.25, 0.3) is 5.91 Å². The number of hydroxylamine groups is 1. The van der Waals surface area contributed by atoms with Gasteiger partial charge in [0, 0.05) is 13.5 Å². The molecule has 2 aromatic carbocycles. The molecule has 0 bridgehead atoms. The van der Waals surface area contributed by atoms with E-state index in [2.05, 4.69) is 16.1 Å². The van der Waals surface area contributed by atoms with E-state index in [1.165, 1.54) is 7.05 Å². The van der Waals surface area contributed by atoms with Gasteiger partial charge in [-0.1, -0.05) is 56.3 Å². The van der Waals surface area contributed by atoms with Gasteiger partial charge in [-0.2, -0.15) is 5.48 Å². The Bertz CT molecular complexity index is 904. The third-order valence-electron chi connectivity index (χ3n) is 5.64. The van der Waals surface area contributed by atoms with E-state index in [9.17, 15) is 14.7 Å². The Morgan fingerprint density at radius 1 is 1.00 bits per heavy atom. The van der Waals surface area contributed by atoms with Crippen LogP contribution in [0.25, 0.3) is 0 Å². The number of ether oxygens (including phenoxy) is 1. The van der Waals surface area contributed by atoms with Crippen molar-refractivity contribution in [3.05, 3.63) is 65.7 Å². The standard InChI is InChI=1S/C26H37N3O5/c1-18(2)16-26(32,19(3)29-34-17-21-9-7-6-8-10-21)25(31)28-23(24(30)27-4)15-20-11-13-22(33-5)14-12-20/h6-14,18-19,23,29,32H,15-17H2,1-5H3,(H,27,30)(H,28,31)/t19?,23-,26-/m0/s1. The molecule has 0 aromatic heterocycles. The van der Waals surface area contributed by atoms with Crippen molar-refractivity contribution >= 4 is 11.8 Å². The van der Waals surface area contributed by atoms with Crippen molar-refractivity contribution in [1.82, 2.24) is 16.1 Å². The Balaban J connectivity index is 2.12. The highest BCUT2D eigenvalue weighted by molar-refractivity contribution is 5.92. The normalized spacial score (nSPS) is 14.7. The lowest BCUT2D eigenvalue weighted by Crippen LogP contribution is -2.62. The summed E-state index contributed by atoms with van der Waals surface area (Å²) < 4.78 is 5.17. The summed E-state index contributed by atoms with van der Waals surface area (Å²) in [5.41, 5.74) is 2.82. The van der Waals surface area contributed by atoms with Gasteiger partial charge in [-0.25, -0.2) is 0 Å². The second kappa shape index (κ2) is 13.1. The predicted octanol–water partition coefficient (Wildman–Crippen LogP) is 2.36. The molecular weight excluding hydrogens is 434 g/mol. The van der Waals surface area contributed by atoms with Gasteiger partial charge in [0.2, 0.25) is 5.91 Å². The molecule has 34 heavy (non-hydrogen) atoms. The van der Waals surface area contributed by atoms with Crippen molar-refractivity contribution in [3.8, 4) is 5.75 Å². The van der Waals surface area contributed by atoms with Crippen molar-refractivity contribution in [2.75, 3.05) is 14.2 Å². The molecule has 0 radical (unpaired) electrons. The highest BCUT2D eigenvalue weighted by Crippen LogP contribution is 2.23. The van der Waals surface area contributed by atoms with Crippen LogP contribution in [0, 0.1) is 5.92 Å². The Hall–Kier alpha value is -2.94. The molecule has 0 aliphatic heterocycles. The average molecular weight is 472 g/mol. The smallest absolute Gasteiger partial charge is 0.254 e. The lowest BCUT2D eigenvalue weighted by atomic mass is 9.85. The predicted molar refractivity (Wildman–Crippen MR) is 131 cm³/mol. The zero-order valence-electron chi connectivity index (χ0n) is 20.6. The number of carbonyl (C=O) groups is 2. The fraction of sp³-hybridized carbons (Fsp3) is 0.462. The molecule has 0 aliphatic carbocycles. The van der Waals surface area contributed by atoms with E-state index < -0.39 is 23.6 Å². The number of hydrogen-bond acceptors (Lipinski definition) is 6. The molecule has 2 rings (SSSR count). The number of carbonyl (C=O) groups excluding carboxylic acids is 2. The van der Waals surface area contributed by atoms with E-state index in [0.29, 0.717) is 5.75 Å². The molecule has 8 nitrogen and oxygen atoms in total. The number of methoxy groups -OCH3 is 1. The van der Waals surface area contributed by atoms with Crippen molar-refractivity contribution < 1.29 is 24.3 Å². The molecule has 0 spiro atoms. The van der Waals surface area contributed by atoms with Crippen LogP contribution < -0.4 is 20.9 Å². The van der Waals surface area contributed by atoms with Gasteiger partial charge in [0.05, 0.1) is 19.8 Å². The number of hydrogen-bond donors (Lipinski definition) is 4. The first kappa shape index (κ1) is 27.3. The van der Waals surface area contributed by atoms with E-state index in [-0.39, 0.29) is 31.3 Å². The highest BCUT2D eigenvalue weighted by atomic mass is 16.6. The maximum absolute atomic E-state index is 13.3. The van der Waals surface area contributed by atoms with Crippen molar-refractivity contribution in [2.24, 2.45) is 5.92 Å². The third-order valence-corrected chi connectivity index (χ3v) is 5.64. The van der Waals surface area contributed by atoms with E-state index in [1.807, 2.05) is 56.3 Å². The van der Waals surface area contributed by atoms with Gasteiger partial charge < -0.3 is 20.5 Å². The number of amides is 2. The molecule has 0 saturated heterocycles. The second-order valence-electron chi connectivity index (χ2n) is 8.83. The van der Waals surface area contributed by atoms with Crippen molar-refractivity contribution in [1.29, 1.82) is 0 Å². The van der Waals surface area contributed by atoms with Crippen LogP contribution in [-0.2, 0) is 27.5 Å². The summed E-state index contributed by atoms with van der Waals surface area (Å²) in [4.78, 5) is 31.5. The van der Waals surface area contributed by atoms with E-state index in [1.54, 1.807) is 26.2 Å². The summed E-state index contributed by atoms with van der Waals surface area (Å²) in [6.45, 7) is 5.81. The largest absolute Gasteiger partial charge is 0.497 e. The van der Waals surface area contributed by atoms with E-state index in [4.69, 9.17) is 9.57 Å². The summed E-state index contributed by atoms with van der Waals surface area (Å²) in [7, 11) is 3.09. The van der Waals surface area contributed by atoms with Crippen LogP contribution in [0.15, 0.2) is 54.6 Å². The van der Waals surface area contributed by atoms with Crippen LogP contribution in [0.3, 0.4) is 0 Å². The summed E-state index contributed by atoms with van der Waals surface area (Å²) in [6, 6.07) is 15.3. The molecule has 0 saturated carbocycles. The molecule has 2 amide bonds. The Morgan fingerprint density at radius 2 is 1.65 bits per heavy atom. The van der Waals surface area contributed by atoms with Crippen molar-refractivity contribution in [3.63, 3.8) is 0 Å². The Labute approximate surface area is 202 Å². The molecule has 0 heterocycles. The second-order valence-corrected chi connectivity index (χ2v) is 8.83. The SMILES string of the molecule is CNC(=O)[C@H](Cc1ccc(OC)cc1)NC(=O)[C@](O)(CC(C)C)C(C)NOCc1ccccc1. The van der Waals surface area contributed by atoms with Gasteiger partial charge >= 0.3 is 0 Å². The lowest BCUT2D eigenvalue weighted by Gasteiger charge is -2.35. The minimum absolute atomic E-state index is 0.0224. The monoisotopic (exact) mass is 471 g/mol. The maximum atomic E-state index is 13.3. The quantitative estimate of drug-likeness (QED) is 0.334. The molecule has 3 atom stereocenters. The summed E-state index contributed by atoms with van der Waals surface area (Å²) in [5.74, 6) is -0.260. The summed E-state index contributed by atoms with van der Waals surface area (Å²) in [5, 5.41) is 16.8. The van der Waals surface area contributed by atoms with Crippen LogP contribution in [0.1, 0.15) is 38.3 Å². The Morgan fingerprint density at radius 3 is 2.21 bits per heavy atom. The first-order valence-corrected chi connectivity index (χ1v) is 11.5. The minimum atomic E-state index is -1.79. The van der Waals surface area contributed by atoms with E-state index >= 15 is 0 Å². The van der Waals surface area contributed by atoms with Crippen molar-refractivity contribution in [2.45, 2.75) is 57.9 Å². The first-order chi connectivity index (χ1) is 16.2. The van der Waals surface area contributed by atoms with Gasteiger partial charge in [0.1, 0.15) is 11.8 Å². The Kier molecular flexibility index (Phi) is 10.5. The van der Waals surface area contributed by atoms with Gasteiger partial charge in [-0.15, -0.1) is 0 Å². The van der Waals surface area contributed by atoms with Crippen LogP contribution in [0.2, 0.25) is 0 Å². The van der Waals surface area contributed by atoms with Crippen LogP contribution in [0.4, 0.5) is 0 Å². The lowest BCUT2D eigenvalue weighted by molar-refractivity contribution is -0.153. The van der Waals surface area contributed by atoms with Crippen LogP contribution in [-0.4, -0.2) is 48.8 Å². The average Bonchev–Trinajstić information content (AvgIpc) is 2.83. The molecule has 0 fully saturated rings. The summed E-state index contributed by atoms with van der Waals surface area (Å²) in [6.07, 6.45) is 0.449. The topological polar surface area (TPSA) is 109 Å². The third kappa shape index (κ3) is 7.83. The highest BCUT2D eigenvalue weighted by Gasteiger charge is 2.43. The number of aliphatic hydroxyl groups is 1. The van der Waals surface area contributed by atoms with Gasteiger partial charge in [-0.05, 0) is 42.5 Å². The fourth-order valence-corrected chi connectivity index (χ4v) is 3.67. The molecule has 186 valence electrons. The molecule has 1 unspecified atom stereocenters. The van der Waals surface area contributed by atoms with Gasteiger partial charge in [0.15, 0.2) is 5.60 Å². The zero-order chi connectivity index (χ0) is 25.1. The zero-order valence-corrected chi connectivity index (χ0v) is 20.6. The molecular formula is C26H37N3O5. The van der Waals surface area contributed by atoms with E-state index in [0.717, 1.165) is 11.1 Å². The molecule has 4 N–H and O–H groups in total. The number of nitrogens with one attached hydrogen (secondary N) is 3. The number of benzene rings is 2. The molecule has 0 aliphatic rings. The summed E-state index contributed by atoms with van der Waals surface area (Å²) >= 11 is 0. The first-order valence-electron chi connectivity index (χ1n) is 11.5. The van der Waals surface area contributed by atoms with Gasteiger partial charge in [-0.3, -0.25) is 14.4 Å². The number of likely N-dealkylation sites (N-methyl/N-ethyl adjacent to an activating group) is 1. The maximum Gasteiger partial charge on any atom is 0.254 e. The molecule has 2 aromatic rings. The van der Waals surface area contributed by atoms with Crippen LogP contribution in [0.5, 0.6) is 5.75 Å². The minimum Gasteiger partial charge on any atom is -0.497 e. The molecule has 8 heteroatoms. The number of rotatable bonds is 13. The van der Waals surface area contributed by atoms with Crippen LogP contribution >= 0.6 is 0 Å². The fourth-order valence-electron chi connectivity index (χ4n) is 3.67.